The monoisotopic (exact) mass is 350 g/mol. The first-order valence-corrected chi connectivity index (χ1v) is 7.72. The molecule has 1 aliphatic heterocycles. The molecule has 1 N–H and O–H groups in total. The summed E-state index contributed by atoms with van der Waals surface area (Å²) in [5.74, 6) is -1.12. The molecule has 0 radical (unpaired) electrons. The van der Waals surface area contributed by atoms with Gasteiger partial charge in [0.25, 0.3) is 11.7 Å². The van der Waals surface area contributed by atoms with Gasteiger partial charge in [0.1, 0.15) is 0 Å². The van der Waals surface area contributed by atoms with E-state index in [9.17, 15) is 14.4 Å². The van der Waals surface area contributed by atoms with Crippen molar-refractivity contribution in [2.24, 2.45) is 0 Å². The molecule has 1 aromatic rings. The molecule has 0 bridgehead atoms. The highest BCUT2D eigenvalue weighted by Gasteiger charge is 2.37. The summed E-state index contributed by atoms with van der Waals surface area (Å²) in [6.07, 6.45) is 2.27. The van der Waals surface area contributed by atoms with E-state index >= 15 is 0 Å². The molecule has 0 atom stereocenters. The number of aryl methyl sites for hydroxylation is 1. The van der Waals surface area contributed by atoms with Crippen molar-refractivity contribution < 1.29 is 14.4 Å². The third-order valence-corrected chi connectivity index (χ3v) is 4.18. The van der Waals surface area contributed by atoms with E-state index in [2.05, 4.69) is 21.2 Å². The molecule has 1 heterocycles. The third-order valence-electron chi connectivity index (χ3n) is 3.72. The summed E-state index contributed by atoms with van der Waals surface area (Å²) in [7, 11) is 0. The van der Waals surface area contributed by atoms with Crippen molar-refractivity contribution in [3.63, 3.8) is 0 Å². The van der Waals surface area contributed by atoms with Crippen molar-refractivity contribution in [1.29, 1.82) is 0 Å². The van der Waals surface area contributed by atoms with Crippen molar-refractivity contribution >= 4 is 39.2 Å². The molecule has 1 aromatic carbocycles. The van der Waals surface area contributed by atoms with Crippen molar-refractivity contribution in [2.45, 2.75) is 32.2 Å². The first-order chi connectivity index (χ1) is 9.97. The summed E-state index contributed by atoms with van der Waals surface area (Å²) in [6, 6.07) is 3.83. The van der Waals surface area contributed by atoms with Crippen LogP contribution < -0.4 is 10.2 Å². The number of nitrogens with zero attached hydrogens (tertiary/aromatic N) is 1. The molecule has 2 amide bonds. The van der Waals surface area contributed by atoms with Crippen LogP contribution in [0.5, 0.6) is 0 Å². The van der Waals surface area contributed by atoms with E-state index in [1.807, 2.05) is 13.0 Å². The normalized spacial score (nSPS) is 17.1. The highest BCUT2D eigenvalue weighted by atomic mass is 79.9. The van der Waals surface area contributed by atoms with Gasteiger partial charge in [0.05, 0.1) is 11.3 Å². The van der Waals surface area contributed by atoms with E-state index < -0.39 is 11.7 Å². The third kappa shape index (κ3) is 2.72. The summed E-state index contributed by atoms with van der Waals surface area (Å²) >= 11 is 3.33. The molecule has 5 nitrogen and oxygen atoms in total. The standard InChI is InChI=1S/C15H15BrN2O3/c1-8-6-9(16)7-11-13(8)18(15(21)14(11)20)5-4-12(19)17-10-2-3-10/h6-7,10H,2-5H2,1H3,(H,17,19). The number of anilines is 1. The molecular weight excluding hydrogens is 336 g/mol. The number of halogens is 1. The Bertz CT molecular complexity index is 653. The van der Waals surface area contributed by atoms with E-state index in [0.717, 1.165) is 22.9 Å². The largest absolute Gasteiger partial charge is 0.353 e. The fraction of sp³-hybridized carbons (Fsp3) is 0.400. The lowest BCUT2D eigenvalue weighted by Crippen LogP contribution is -2.35. The zero-order chi connectivity index (χ0) is 15.1. The summed E-state index contributed by atoms with van der Waals surface area (Å²) in [6.45, 7) is 2.09. The van der Waals surface area contributed by atoms with Crippen molar-refractivity contribution in [3.05, 3.63) is 27.7 Å². The Hall–Kier alpha value is -1.69. The Labute approximate surface area is 130 Å². The molecular formula is C15H15BrN2O3. The van der Waals surface area contributed by atoms with Crippen LogP contribution in [-0.2, 0) is 9.59 Å². The molecule has 0 aromatic heterocycles. The number of nitrogens with one attached hydrogen (secondary N) is 1. The smallest absolute Gasteiger partial charge is 0.299 e. The molecule has 0 saturated heterocycles. The number of benzene rings is 1. The zero-order valence-electron chi connectivity index (χ0n) is 11.6. The molecule has 110 valence electrons. The minimum Gasteiger partial charge on any atom is -0.353 e. The lowest BCUT2D eigenvalue weighted by Gasteiger charge is -2.18. The van der Waals surface area contributed by atoms with Crippen LogP contribution in [0.15, 0.2) is 16.6 Å². The predicted octanol–water partition coefficient (Wildman–Crippen LogP) is 1.96. The van der Waals surface area contributed by atoms with Crippen LogP contribution in [0.1, 0.15) is 35.2 Å². The molecule has 1 aliphatic carbocycles. The summed E-state index contributed by atoms with van der Waals surface area (Å²) < 4.78 is 0.772. The van der Waals surface area contributed by atoms with Gasteiger partial charge in [0.2, 0.25) is 5.91 Å². The van der Waals surface area contributed by atoms with Gasteiger partial charge in [0.15, 0.2) is 0 Å². The number of ketones is 1. The summed E-state index contributed by atoms with van der Waals surface area (Å²) in [5.41, 5.74) is 1.89. The topological polar surface area (TPSA) is 66.5 Å². The fourth-order valence-electron chi connectivity index (χ4n) is 2.56. The van der Waals surface area contributed by atoms with E-state index in [1.165, 1.54) is 4.90 Å². The van der Waals surface area contributed by atoms with Gasteiger partial charge in [-0.15, -0.1) is 0 Å². The average molecular weight is 351 g/mol. The van der Waals surface area contributed by atoms with Gasteiger partial charge in [-0.1, -0.05) is 15.9 Å². The number of fused-ring (bicyclic) bond motifs is 1. The van der Waals surface area contributed by atoms with Gasteiger partial charge in [0, 0.05) is 23.5 Å². The van der Waals surface area contributed by atoms with Crippen LogP contribution in [0.4, 0.5) is 5.69 Å². The minimum atomic E-state index is -0.551. The van der Waals surface area contributed by atoms with E-state index in [0.29, 0.717) is 17.3 Å². The Morgan fingerprint density at radius 3 is 2.76 bits per heavy atom. The summed E-state index contributed by atoms with van der Waals surface area (Å²) in [5, 5.41) is 2.88. The van der Waals surface area contributed by atoms with Gasteiger partial charge in [-0.2, -0.15) is 0 Å². The number of rotatable bonds is 4. The second kappa shape index (κ2) is 5.26. The Kier molecular flexibility index (Phi) is 3.57. The van der Waals surface area contributed by atoms with Crippen LogP contribution in [0.25, 0.3) is 0 Å². The second-order valence-electron chi connectivity index (χ2n) is 5.50. The highest BCUT2D eigenvalue weighted by Crippen LogP contribution is 2.35. The van der Waals surface area contributed by atoms with Crippen molar-refractivity contribution in [2.75, 3.05) is 11.4 Å². The van der Waals surface area contributed by atoms with Gasteiger partial charge in [-0.25, -0.2) is 0 Å². The molecule has 1 fully saturated rings. The van der Waals surface area contributed by atoms with Gasteiger partial charge in [-0.3, -0.25) is 14.4 Å². The zero-order valence-corrected chi connectivity index (χ0v) is 13.2. The number of amides is 2. The van der Waals surface area contributed by atoms with E-state index in [-0.39, 0.29) is 18.9 Å². The lowest BCUT2D eigenvalue weighted by atomic mass is 10.1. The molecule has 2 aliphatic rings. The molecule has 21 heavy (non-hydrogen) atoms. The Morgan fingerprint density at radius 2 is 2.10 bits per heavy atom. The van der Waals surface area contributed by atoms with Crippen LogP contribution >= 0.6 is 15.9 Å². The summed E-state index contributed by atoms with van der Waals surface area (Å²) in [4.78, 5) is 37.3. The Balaban J connectivity index is 1.78. The fourth-order valence-corrected chi connectivity index (χ4v) is 3.13. The molecule has 6 heteroatoms. The quantitative estimate of drug-likeness (QED) is 0.844. The second-order valence-corrected chi connectivity index (χ2v) is 6.41. The van der Waals surface area contributed by atoms with Crippen LogP contribution in [0.3, 0.4) is 0 Å². The minimum absolute atomic E-state index is 0.0686. The van der Waals surface area contributed by atoms with Gasteiger partial charge < -0.3 is 10.2 Å². The number of Topliss-reactive ketones (excluding diaryl/α,β-unsaturated/α-hetero) is 1. The number of carbonyl (C=O) groups excluding carboxylic acids is 3. The van der Waals surface area contributed by atoms with Crippen LogP contribution in [0, 0.1) is 6.92 Å². The average Bonchev–Trinajstić information content (AvgIpc) is 3.18. The Morgan fingerprint density at radius 1 is 1.38 bits per heavy atom. The van der Waals surface area contributed by atoms with Crippen molar-refractivity contribution in [1.82, 2.24) is 5.32 Å². The predicted molar refractivity (Wildman–Crippen MR) is 81.3 cm³/mol. The lowest BCUT2D eigenvalue weighted by molar-refractivity contribution is -0.121. The maximum absolute atomic E-state index is 12.1. The molecule has 0 unspecified atom stereocenters. The van der Waals surface area contributed by atoms with E-state index in [4.69, 9.17) is 0 Å². The van der Waals surface area contributed by atoms with Gasteiger partial charge >= 0.3 is 0 Å². The van der Waals surface area contributed by atoms with Crippen LogP contribution in [-0.4, -0.2) is 30.2 Å². The van der Waals surface area contributed by atoms with Crippen molar-refractivity contribution in [3.8, 4) is 0 Å². The van der Waals surface area contributed by atoms with E-state index in [1.54, 1.807) is 6.07 Å². The molecule has 3 rings (SSSR count). The first kappa shape index (κ1) is 14.3. The first-order valence-electron chi connectivity index (χ1n) is 6.93. The maximum atomic E-state index is 12.1. The highest BCUT2D eigenvalue weighted by molar-refractivity contribution is 9.10. The van der Waals surface area contributed by atoms with Gasteiger partial charge in [-0.05, 0) is 37.5 Å². The SMILES string of the molecule is Cc1cc(Br)cc2c1N(CCC(=O)NC1CC1)C(=O)C2=O. The molecule has 0 spiro atoms. The number of carbonyl (C=O) groups is 3. The van der Waals surface area contributed by atoms with Crippen LogP contribution in [0.2, 0.25) is 0 Å². The number of hydrogen-bond donors (Lipinski definition) is 1. The maximum Gasteiger partial charge on any atom is 0.299 e. The number of hydrogen-bond acceptors (Lipinski definition) is 3. The molecule has 1 saturated carbocycles.